The van der Waals surface area contributed by atoms with E-state index in [9.17, 15) is 0 Å². The lowest BCUT2D eigenvalue weighted by molar-refractivity contribution is 0.152. The first-order chi connectivity index (χ1) is 12.4. The summed E-state index contributed by atoms with van der Waals surface area (Å²) < 4.78 is 0. The molecule has 128 valence electrons. The minimum Gasteiger partial charge on any atom is -0.314 e. The maximum Gasteiger partial charge on any atom is 0.0972 e. The highest BCUT2D eigenvalue weighted by atomic mass is 32.1. The van der Waals surface area contributed by atoms with Gasteiger partial charge in [0.05, 0.1) is 10.7 Å². The molecule has 0 radical (unpaired) electrons. The maximum absolute atomic E-state index is 4.87. The smallest absolute Gasteiger partial charge is 0.0972 e. The van der Waals surface area contributed by atoms with E-state index in [0.717, 1.165) is 32.6 Å². The van der Waals surface area contributed by atoms with Crippen molar-refractivity contribution in [1.29, 1.82) is 0 Å². The summed E-state index contributed by atoms with van der Waals surface area (Å²) in [6.45, 7) is 3.92. The molecular formula is C20H22N4S. The second-order valence-electron chi connectivity index (χ2n) is 6.37. The molecule has 1 fully saturated rings. The molecule has 1 unspecified atom stereocenters. The quantitative estimate of drug-likeness (QED) is 0.767. The zero-order chi connectivity index (χ0) is 16.9. The highest BCUT2D eigenvalue weighted by molar-refractivity contribution is 7.09. The third-order valence-electron chi connectivity index (χ3n) is 4.59. The third-order valence-corrected chi connectivity index (χ3v) is 5.48. The van der Waals surface area contributed by atoms with Crippen LogP contribution < -0.4 is 5.32 Å². The first-order valence-corrected chi connectivity index (χ1v) is 9.58. The van der Waals surface area contributed by atoms with Crippen molar-refractivity contribution >= 4 is 11.3 Å². The van der Waals surface area contributed by atoms with E-state index in [2.05, 4.69) is 57.0 Å². The molecule has 25 heavy (non-hydrogen) atoms. The molecule has 2 aromatic heterocycles. The second-order valence-corrected chi connectivity index (χ2v) is 7.31. The molecule has 0 spiro atoms. The summed E-state index contributed by atoms with van der Waals surface area (Å²) in [5, 5.41) is 6.90. The van der Waals surface area contributed by atoms with E-state index in [1.807, 2.05) is 18.5 Å². The fourth-order valence-electron chi connectivity index (χ4n) is 3.32. The van der Waals surface area contributed by atoms with E-state index in [-0.39, 0.29) is 0 Å². The number of hydrogen-bond donors (Lipinski definition) is 1. The predicted octanol–water partition coefficient (Wildman–Crippen LogP) is 3.28. The van der Waals surface area contributed by atoms with E-state index in [0.29, 0.717) is 6.04 Å². The van der Waals surface area contributed by atoms with E-state index in [1.54, 1.807) is 11.3 Å². The largest absolute Gasteiger partial charge is 0.314 e. The molecule has 4 rings (SSSR count). The van der Waals surface area contributed by atoms with E-state index < -0.39 is 0 Å². The van der Waals surface area contributed by atoms with Crippen LogP contribution in [-0.4, -0.2) is 34.5 Å². The van der Waals surface area contributed by atoms with Gasteiger partial charge in [-0.15, -0.1) is 11.3 Å². The van der Waals surface area contributed by atoms with Crippen LogP contribution in [0.4, 0.5) is 0 Å². The summed E-state index contributed by atoms with van der Waals surface area (Å²) in [4.78, 5) is 11.7. The van der Waals surface area contributed by atoms with Crippen LogP contribution in [0.15, 0.2) is 60.2 Å². The summed E-state index contributed by atoms with van der Waals surface area (Å²) in [7, 11) is 0. The summed E-state index contributed by atoms with van der Waals surface area (Å²) in [6.07, 6.45) is 4.73. The van der Waals surface area contributed by atoms with Crippen molar-refractivity contribution in [3.8, 4) is 0 Å². The fraction of sp³-hybridized carbons (Fsp3) is 0.300. The molecule has 1 N–H and O–H groups in total. The highest BCUT2D eigenvalue weighted by Crippen LogP contribution is 2.24. The molecule has 1 aliphatic rings. The monoisotopic (exact) mass is 350 g/mol. The predicted molar refractivity (Wildman–Crippen MR) is 102 cm³/mol. The Bertz CT molecular complexity index is 788. The van der Waals surface area contributed by atoms with Gasteiger partial charge in [0.15, 0.2) is 0 Å². The van der Waals surface area contributed by atoms with Gasteiger partial charge in [0, 0.05) is 56.4 Å². The Kier molecular flexibility index (Phi) is 5.16. The maximum atomic E-state index is 4.87. The van der Waals surface area contributed by atoms with Crippen molar-refractivity contribution in [3.63, 3.8) is 0 Å². The second kappa shape index (κ2) is 7.87. The topological polar surface area (TPSA) is 41.1 Å². The molecule has 0 bridgehead atoms. The third kappa shape index (κ3) is 4.12. The lowest BCUT2D eigenvalue weighted by atomic mass is 10.1. The number of rotatable bonds is 5. The Morgan fingerprint density at radius 1 is 1.16 bits per heavy atom. The molecular weight excluding hydrogens is 328 g/mol. The van der Waals surface area contributed by atoms with Crippen molar-refractivity contribution in [2.75, 3.05) is 19.6 Å². The standard InChI is InChI=1S/C20H22N4S/c1-2-5-16(6-3-1)11-20-23-18(15-25-20)14-24-10-9-22-13-19(24)17-7-4-8-21-12-17/h1-8,12,15,19,22H,9-11,13-14H2. The van der Waals surface area contributed by atoms with Gasteiger partial charge >= 0.3 is 0 Å². The number of thiazole rings is 1. The SMILES string of the molecule is c1ccc(Cc2nc(CN3CCNCC3c3cccnc3)cs2)cc1. The number of pyridine rings is 1. The van der Waals surface area contributed by atoms with Crippen LogP contribution in [0, 0.1) is 0 Å². The molecule has 3 heterocycles. The van der Waals surface area contributed by atoms with Crippen LogP contribution in [0.2, 0.25) is 0 Å². The normalized spacial score (nSPS) is 18.3. The number of hydrogen-bond acceptors (Lipinski definition) is 5. The van der Waals surface area contributed by atoms with E-state index in [1.165, 1.54) is 21.8 Å². The minimum absolute atomic E-state index is 0.363. The lowest BCUT2D eigenvalue weighted by Crippen LogP contribution is -2.45. The van der Waals surface area contributed by atoms with Crippen LogP contribution in [0.5, 0.6) is 0 Å². The number of benzene rings is 1. The van der Waals surface area contributed by atoms with Gasteiger partial charge in [0.2, 0.25) is 0 Å². The van der Waals surface area contributed by atoms with Crippen LogP contribution in [0.3, 0.4) is 0 Å². The molecule has 5 heteroatoms. The van der Waals surface area contributed by atoms with Crippen LogP contribution >= 0.6 is 11.3 Å². The summed E-state index contributed by atoms with van der Waals surface area (Å²) >= 11 is 1.76. The van der Waals surface area contributed by atoms with Gasteiger partial charge < -0.3 is 5.32 Å². The van der Waals surface area contributed by atoms with E-state index in [4.69, 9.17) is 4.98 Å². The fourth-order valence-corrected chi connectivity index (χ4v) is 4.14. The van der Waals surface area contributed by atoms with Gasteiger partial charge in [-0.2, -0.15) is 0 Å². The molecule has 0 amide bonds. The van der Waals surface area contributed by atoms with Crippen molar-refractivity contribution in [2.24, 2.45) is 0 Å². The Balaban J connectivity index is 1.45. The van der Waals surface area contributed by atoms with Crippen molar-refractivity contribution in [2.45, 2.75) is 19.0 Å². The number of aromatic nitrogens is 2. The van der Waals surface area contributed by atoms with Crippen LogP contribution in [0.1, 0.15) is 27.9 Å². The molecule has 1 saturated heterocycles. The molecule has 0 aliphatic carbocycles. The molecule has 1 atom stereocenters. The first kappa shape index (κ1) is 16.4. The van der Waals surface area contributed by atoms with Crippen molar-refractivity contribution < 1.29 is 0 Å². The van der Waals surface area contributed by atoms with Gasteiger partial charge in [-0.25, -0.2) is 4.98 Å². The molecule has 0 saturated carbocycles. The van der Waals surface area contributed by atoms with Crippen molar-refractivity contribution in [1.82, 2.24) is 20.2 Å². The molecule has 3 aromatic rings. The lowest BCUT2D eigenvalue weighted by Gasteiger charge is -2.35. The van der Waals surface area contributed by atoms with Gasteiger partial charge in [-0.3, -0.25) is 9.88 Å². The van der Waals surface area contributed by atoms with Crippen LogP contribution in [-0.2, 0) is 13.0 Å². The zero-order valence-electron chi connectivity index (χ0n) is 14.1. The average Bonchev–Trinajstić information content (AvgIpc) is 3.10. The zero-order valence-corrected chi connectivity index (χ0v) is 15.0. The number of nitrogens with zero attached hydrogens (tertiary/aromatic N) is 3. The Hall–Kier alpha value is -2.08. The van der Waals surface area contributed by atoms with Gasteiger partial charge in [-0.1, -0.05) is 36.4 Å². The molecule has 1 aliphatic heterocycles. The first-order valence-electron chi connectivity index (χ1n) is 8.70. The van der Waals surface area contributed by atoms with Gasteiger partial charge in [0.1, 0.15) is 0 Å². The Morgan fingerprint density at radius 3 is 2.92 bits per heavy atom. The Labute approximate surface area is 152 Å². The van der Waals surface area contributed by atoms with E-state index >= 15 is 0 Å². The highest BCUT2D eigenvalue weighted by Gasteiger charge is 2.24. The molecule has 4 nitrogen and oxygen atoms in total. The summed E-state index contributed by atoms with van der Waals surface area (Å²) in [5.74, 6) is 0. The molecule has 1 aromatic carbocycles. The summed E-state index contributed by atoms with van der Waals surface area (Å²) in [6, 6.07) is 15.1. The summed E-state index contributed by atoms with van der Waals surface area (Å²) in [5.41, 5.74) is 3.76. The van der Waals surface area contributed by atoms with Crippen LogP contribution in [0.25, 0.3) is 0 Å². The number of piperazine rings is 1. The average molecular weight is 350 g/mol. The Morgan fingerprint density at radius 2 is 2.08 bits per heavy atom. The number of nitrogens with one attached hydrogen (secondary N) is 1. The van der Waals surface area contributed by atoms with Gasteiger partial charge in [0.25, 0.3) is 0 Å². The van der Waals surface area contributed by atoms with Gasteiger partial charge in [-0.05, 0) is 17.2 Å². The van der Waals surface area contributed by atoms with Crippen molar-refractivity contribution in [3.05, 3.63) is 82.1 Å². The minimum atomic E-state index is 0.363.